The molecule has 0 bridgehead atoms. The SMILES string of the molecule is CS(=O)(=O)Nc1ccc(C(=O)O)cc1F. The summed E-state index contributed by atoms with van der Waals surface area (Å²) in [6.07, 6.45) is 0.873. The average molecular weight is 233 g/mol. The summed E-state index contributed by atoms with van der Waals surface area (Å²) in [5, 5.41) is 8.53. The summed E-state index contributed by atoms with van der Waals surface area (Å²) in [6, 6.07) is 2.91. The van der Waals surface area contributed by atoms with Crippen LogP contribution in [0.1, 0.15) is 10.4 Å². The Morgan fingerprint density at radius 2 is 2.07 bits per heavy atom. The van der Waals surface area contributed by atoms with E-state index in [1.807, 2.05) is 4.72 Å². The molecule has 2 N–H and O–H groups in total. The van der Waals surface area contributed by atoms with E-state index in [9.17, 15) is 17.6 Å². The summed E-state index contributed by atoms with van der Waals surface area (Å²) in [4.78, 5) is 10.4. The van der Waals surface area contributed by atoms with Crippen molar-refractivity contribution in [1.82, 2.24) is 0 Å². The van der Waals surface area contributed by atoms with Gasteiger partial charge in [-0.05, 0) is 18.2 Å². The predicted molar refractivity (Wildman–Crippen MR) is 51.8 cm³/mol. The molecule has 1 aromatic rings. The fourth-order valence-electron chi connectivity index (χ4n) is 0.931. The van der Waals surface area contributed by atoms with Crippen molar-refractivity contribution in [3.8, 4) is 0 Å². The number of aromatic carboxylic acids is 1. The summed E-state index contributed by atoms with van der Waals surface area (Å²) in [7, 11) is -3.57. The number of sulfonamides is 1. The Morgan fingerprint density at radius 1 is 1.47 bits per heavy atom. The first-order valence-electron chi connectivity index (χ1n) is 3.80. The molecule has 0 saturated heterocycles. The average Bonchev–Trinajstić information content (AvgIpc) is 2.05. The molecule has 1 rings (SSSR count). The molecule has 0 atom stereocenters. The van der Waals surface area contributed by atoms with Crippen molar-refractivity contribution in [3.63, 3.8) is 0 Å². The van der Waals surface area contributed by atoms with E-state index in [0.29, 0.717) is 0 Å². The maximum atomic E-state index is 13.2. The second-order valence-corrected chi connectivity index (χ2v) is 4.62. The molecule has 0 radical (unpaired) electrons. The van der Waals surface area contributed by atoms with E-state index in [1.165, 1.54) is 0 Å². The minimum absolute atomic E-state index is 0.244. The molecule has 1 aromatic carbocycles. The molecule has 0 saturated carbocycles. The van der Waals surface area contributed by atoms with Crippen LogP contribution < -0.4 is 4.72 Å². The lowest BCUT2D eigenvalue weighted by Crippen LogP contribution is -2.11. The van der Waals surface area contributed by atoms with Gasteiger partial charge >= 0.3 is 5.97 Å². The number of carboxylic acid groups (broad SMARTS) is 1. The number of carboxylic acids is 1. The van der Waals surface area contributed by atoms with Crippen LogP contribution in [0.3, 0.4) is 0 Å². The minimum atomic E-state index is -3.57. The monoisotopic (exact) mass is 233 g/mol. The van der Waals surface area contributed by atoms with Gasteiger partial charge in [-0.3, -0.25) is 4.72 Å². The van der Waals surface area contributed by atoms with Crippen molar-refractivity contribution in [2.24, 2.45) is 0 Å². The number of hydrogen-bond donors (Lipinski definition) is 2. The van der Waals surface area contributed by atoms with E-state index in [0.717, 1.165) is 24.5 Å². The fourth-order valence-corrected chi connectivity index (χ4v) is 1.50. The molecule has 5 nitrogen and oxygen atoms in total. The van der Waals surface area contributed by atoms with Crippen molar-refractivity contribution >= 4 is 21.7 Å². The molecule has 0 heterocycles. The van der Waals surface area contributed by atoms with Gasteiger partial charge in [-0.15, -0.1) is 0 Å². The third-order valence-electron chi connectivity index (χ3n) is 1.51. The molecule has 15 heavy (non-hydrogen) atoms. The van der Waals surface area contributed by atoms with E-state index < -0.39 is 21.8 Å². The minimum Gasteiger partial charge on any atom is -0.478 e. The number of anilines is 1. The van der Waals surface area contributed by atoms with Gasteiger partial charge in [-0.1, -0.05) is 0 Å². The van der Waals surface area contributed by atoms with Crippen molar-refractivity contribution in [2.45, 2.75) is 0 Å². The number of benzene rings is 1. The van der Waals surface area contributed by atoms with E-state index in [1.54, 1.807) is 0 Å². The second-order valence-electron chi connectivity index (χ2n) is 2.87. The molecule has 82 valence electrons. The number of rotatable bonds is 3. The lowest BCUT2D eigenvalue weighted by atomic mass is 10.2. The van der Waals surface area contributed by atoms with E-state index in [-0.39, 0.29) is 11.3 Å². The molecule has 0 fully saturated rings. The van der Waals surface area contributed by atoms with Crippen LogP contribution in [0.4, 0.5) is 10.1 Å². The maximum absolute atomic E-state index is 13.2. The van der Waals surface area contributed by atoms with Crippen molar-refractivity contribution in [3.05, 3.63) is 29.6 Å². The van der Waals surface area contributed by atoms with Crippen LogP contribution in [0, 0.1) is 5.82 Å². The van der Waals surface area contributed by atoms with Gasteiger partial charge in [0.1, 0.15) is 5.82 Å². The number of nitrogens with one attached hydrogen (secondary N) is 1. The third-order valence-corrected chi connectivity index (χ3v) is 2.10. The van der Waals surface area contributed by atoms with Gasteiger partial charge < -0.3 is 5.11 Å². The van der Waals surface area contributed by atoms with Gasteiger partial charge in [0.2, 0.25) is 10.0 Å². The highest BCUT2D eigenvalue weighted by molar-refractivity contribution is 7.92. The second kappa shape index (κ2) is 3.85. The summed E-state index contributed by atoms with van der Waals surface area (Å²) >= 11 is 0. The highest BCUT2D eigenvalue weighted by Crippen LogP contribution is 2.16. The smallest absolute Gasteiger partial charge is 0.335 e. The molecule has 0 aromatic heterocycles. The van der Waals surface area contributed by atoms with Crippen LogP contribution in [0.15, 0.2) is 18.2 Å². The molecule has 7 heteroatoms. The highest BCUT2D eigenvalue weighted by atomic mass is 32.2. The Balaban J connectivity index is 3.09. The zero-order valence-electron chi connectivity index (χ0n) is 7.69. The Kier molecular flexibility index (Phi) is 2.94. The van der Waals surface area contributed by atoms with Gasteiger partial charge in [-0.25, -0.2) is 17.6 Å². The number of halogens is 1. The Labute approximate surface area is 85.6 Å². The van der Waals surface area contributed by atoms with Crippen LogP contribution >= 0.6 is 0 Å². The lowest BCUT2D eigenvalue weighted by Gasteiger charge is -2.05. The maximum Gasteiger partial charge on any atom is 0.335 e. The first-order valence-corrected chi connectivity index (χ1v) is 5.69. The molecule has 0 aliphatic carbocycles. The first kappa shape index (κ1) is 11.4. The van der Waals surface area contributed by atoms with Crippen LogP contribution in [0.2, 0.25) is 0 Å². The number of hydrogen-bond acceptors (Lipinski definition) is 3. The van der Waals surface area contributed by atoms with Crippen molar-refractivity contribution in [1.29, 1.82) is 0 Å². The van der Waals surface area contributed by atoms with Gasteiger partial charge in [-0.2, -0.15) is 0 Å². The molecule has 0 amide bonds. The van der Waals surface area contributed by atoms with Crippen LogP contribution in [-0.4, -0.2) is 25.7 Å². The topological polar surface area (TPSA) is 83.5 Å². The summed E-state index contributed by atoms with van der Waals surface area (Å²) in [6.45, 7) is 0. The predicted octanol–water partition coefficient (Wildman–Crippen LogP) is 0.895. The molecular weight excluding hydrogens is 225 g/mol. The van der Waals surface area contributed by atoms with Crippen molar-refractivity contribution < 1.29 is 22.7 Å². The largest absolute Gasteiger partial charge is 0.478 e. The molecule has 0 aliphatic rings. The molecule has 0 spiro atoms. The van der Waals surface area contributed by atoms with E-state index in [2.05, 4.69) is 0 Å². The quantitative estimate of drug-likeness (QED) is 0.812. The highest BCUT2D eigenvalue weighted by Gasteiger charge is 2.10. The Bertz CT molecular complexity index is 497. The Morgan fingerprint density at radius 3 is 2.47 bits per heavy atom. The van der Waals surface area contributed by atoms with Gasteiger partial charge in [0.25, 0.3) is 0 Å². The van der Waals surface area contributed by atoms with Gasteiger partial charge in [0.05, 0.1) is 17.5 Å². The van der Waals surface area contributed by atoms with E-state index >= 15 is 0 Å². The first-order chi connectivity index (χ1) is 6.79. The normalized spacial score (nSPS) is 11.1. The lowest BCUT2D eigenvalue weighted by molar-refractivity contribution is 0.0696. The van der Waals surface area contributed by atoms with Crippen LogP contribution in [-0.2, 0) is 10.0 Å². The third kappa shape index (κ3) is 3.21. The summed E-state index contributed by atoms with van der Waals surface area (Å²) in [5.74, 6) is -2.21. The molecule has 0 unspecified atom stereocenters. The number of carbonyl (C=O) groups is 1. The van der Waals surface area contributed by atoms with Crippen molar-refractivity contribution in [2.75, 3.05) is 11.0 Å². The molecular formula is C8H8FNO4S. The molecule has 0 aliphatic heterocycles. The zero-order valence-corrected chi connectivity index (χ0v) is 8.51. The van der Waals surface area contributed by atoms with E-state index in [4.69, 9.17) is 5.11 Å². The summed E-state index contributed by atoms with van der Waals surface area (Å²) < 4.78 is 36.6. The standard InChI is InChI=1S/C8H8FNO4S/c1-15(13,14)10-7-3-2-5(8(11)12)4-6(7)9/h2-4,10H,1H3,(H,11,12). The van der Waals surface area contributed by atoms with Gasteiger partial charge in [0.15, 0.2) is 0 Å². The Hall–Kier alpha value is -1.63. The van der Waals surface area contributed by atoms with Crippen LogP contribution in [0.25, 0.3) is 0 Å². The summed E-state index contributed by atoms with van der Waals surface area (Å²) in [5.41, 5.74) is -0.519. The zero-order chi connectivity index (χ0) is 11.6. The fraction of sp³-hybridized carbons (Fsp3) is 0.125. The van der Waals surface area contributed by atoms with Gasteiger partial charge in [0, 0.05) is 0 Å². The van der Waals surface area contributed by atoms with Crippen LogP contribution in [0.5, 0.6) is 0 Å².